The van der Waals surface area contributed by atoms with Gasteiger partial charge in [-0.2, -0.15) is 0 Å². The van der Waals surface area contributed by atoms with Crippen LogP contribution < -0.4 is 5.32 Å². The zero-order chi connectivity index (χ0) is 46.5. The van der Waals surface area contributed by atoms with Crippen molar-refractivity contribution >= 4 is 11.9 Å². The van der Waals surface area contributed by atoms with Crippen molar-refractivity contribution in [2.24, 2.45) is 0 Å². The summed E-state index contributed by atoms with van der Waals surface area (Å²) in [5.41, 5.74) is 0. The first-order valence-electron chi connectivity index (χ1n) is 28.6. The zero-order valence-electron chi connectivity index (χ0n) is 43.0. The van der Waals surface area contributed by atoms with E-state index in [4.69, 9.17) is 4.74 Å². The first-order valence-corrected chi connectivity index (χ1v) is 28.6. The minimum absolute atomic E-state index is 0.0224. The van der Waals surface area contributed by atoms with Gasteiger partial charge in [-0.25, -0.2) is 0 Å². The molecule has 378 valence electrons. The highest BCUT2D eigenvalue weighted by atomic mass is 16.5. The van der Waals surface area contributed by atoms with Gasteiger partial charge in [-0.1, -0.05) is 256 Å². The second kappa shape index (κ2) is 54.0. The predicted octanol–water partition coefficient (Wildman–Crippen LogP) is 17.5. The second-order valence-corrected chi connectivity index (χ2v) is 19.6. The van der Waals surface area contributed by atoms with E-state index in [9.17, 15) is 19.8 Å². The van der Waals surface area contributed by atoms with E-state index in [1.165, 1.54) is 205 Å². The number of esters is 1. The molecule has 0 aliphatic carbocycles. The Labute approximate surface area is 399 Å². The summed E-state index contributed by atoms with van der Waals surface area (Å²) < 4.78 is 5.44. The van der Waals surface area contributed by atoms with Crippen molar-refractivity contribution < 1.29 is 24.5 Å². The van der Waals surface area contributed by atoms with E-state index in [0.717, 1.165) is 77.0 Å². The van der Waals surface area contributed by atoms with Crippen LogP contribution in [0, 0.1) is 0 Å². The average molecular weight is 903 g/mol. The molecule has 0 spiro atoms. The highest BCUT2D eigenvalue weighted by Crippen LogP contribution is 2.17. The minimum atomic E-state index is -0.861. The van der Waals surface area contributed by atoms with E-state index in [-0.39, 0.29) is 18.5 Å². The van der Waals surface area contributed by atoms with Gasteiger partial charge in [0.2, 0.25) is 5.91 Å². The summed E-state index contributed by atoms with van der Waals surface area (Å²) in [6.07, 6.45) is 64.8. The molecule has 2 unspecified atom stereocenters. The molecular weight excluding hydrogens is 791 g/mol. The number of carbonyl (C=O) groups excluding carboxylic acids is 2. The summed E-state index contributed by atoms with van der Waals surface area (Å²) in [5.74, 6) is -0.113. The molecule has 0 aliphatic heterocycles. The van der Waals surface area contributed by atoms with Crippen molar-refractivity contribution in [2.75, 3.05) is 13.2 Å². The molecular formula is C58H111NO5. The van der Waals surface area contributed by atoms with Crippen LogP contribution in [0.1, 0.15) is 309 Å². The Balaban J connectivity index is 3.53. The van der Waals surface area contributed by atoms with Gasteiger partial charge in [0, 0.05) is 12.8 Å². The fraction of sp³-hybridized carbons (Fsp3) is 0.897. The SMILES string of the molecule is CCCCCCCCCCCCCCCCCCCCCC/C=C/C(O)C(CO)NC(=O)CCCCCCC/C=C\CCCCCOC(=O)CCCCCCCCCCCCCCC. The number of amides is 1. The van der Waals surface area contributed by atoms with Gasteiger partial charge in [-0.3, -0.25) is 9.59 Å². The molecule has 0 aliphatic rings. The van der Waals surface area contributed by atoms with Gasteiger partial charge in [0.25, 0.3) is 0 Å². The molecule has 6 nitrogen and oxygen atoms in total. The fourth-order valence-electron chi connectivity index (χ4n) is 8.81. The van der Waals surface area contributed by atoms with Crippen molar-refractivity contribution in [1.82, 2.24) is 5.32 Å². The maximum Gasteiger partial charge on any atom is 0.305 e. The fourth-order valence-corrected chi connectivity index (χ4v) is 8.81. The third-order valence-corrected chi connectivity index (χ3v) is 13.2. The quantitative estimate of drug-likeness (QED) is 0.0321. The first-order chi connectivity index (χ1) is 31.5. The largest absolute Gasteiger partial charge is 0.466 e. The van der Waals surface area contributed by atoms with Gasteiger partial charge in [-0.15, -0.1) is 0 Å². The smallest absolute Gasteiger partial charge is 0.305 e. The molecule has 0 saturated heterocycles. The van der Waals surface area contributed by atoms with Crippen LogP contribution in [0.5, 0.6) is 0 Å². The molecule has 2 atom stereocenters. The van der Waals surface area contributed by atoms with Gasteiger partial charge in [0.1, 0.15) is 0 Å². The maximum absolute atomic E-state index is 12.5. The maximum atomic E-state index is 12.5. The molecule has 6 heteroatoms. The summed E-state index contributed by atoms with van der Waals surface area (Å²) in [6.45, 7) is 4.86. The van der Waals surface area contributed by atoms with Crippen molar-refractivity contribution in [3.05, 3.63) is 24.3 Å². The van der Waals surface area contributed by atoms with Crippen molar-refractivity contribution in [2.45, 2.75) is 321 Å². The normalized spacial score (nSPS) is 12.8. The third-order valence-electron chi connectivity index (χ3n) is 13.2. The monoisotopic (exact) mass is 902 g/mol. The molecule has 0 radical (unpaired) electrons. The van der Waals surface area contributed by atoms with Crippen LogP contribution in [0.2, 0.25) is 0 Å². The summed E-state index contributed by atoms with van der Waals surface area (Å²) in [7, 11) is 0. The molecule has 0 aromatic heterocycles. The van der Waals surface area contributed by atoms with Crippen LogP contribution in [0.25, 0.3) is 0 Å². The Morgan fingerprint density at radius 2 is 0.734 bits per heavy atom. The van der Waals surface area contributed by atoms with Crippen LogP contribution in [-0.2, 0) is 14.3 Å². The molecule has 0 saturated carbocycles. The first kappa shape index (κ1) is 62.3. The number of nitrogens with one attached hydrogen (secondary N) is 1. The summed E-state index contributed by atoms with van der Waals surface area (Å²) in [5, 5.41) is 23.1. The molecule has 1 amide bonds. The Morgan fingerprint density at radius 1 is 0.422 bits per heavy atom. The minimum Gasteiger partial charge on any atom is -0.466 e. The van der Waals surface area contributed by atoms with Crippen LogP contribution in [0.3, 0.4) is 0 Å². The average Bonchev–Trinajstić information content (AvgIpc) is 3.29. The lowest BCUT2D eigenvalue weighted by Crippen LogP contribution is -2.45. The number of allylic oxidation sites excluding steroid dienone is 3. The van der Waals surface area contributed by atoms with E-state index >= 15 is 0 Å². The van der Waals surface area contributed by atoms with Gasteiger partial charge in [-0.05, 0) is 64.2 Å². The Hall–Kier alpha value is -1.66. The standard InChI is InChI=1S/C58H111NO5/c1-3-5-7-9-11-13-15-17-18-19-20-21-22-23-24-25-27-30-34-38-42-46-50-56(61)55(54-60)59-57(62)51-47-43-39-35-31-28-29-33-37-41-45-49-53-64-58(63)52-48-44-40-36-32-26-16-14-12-10-8-6-4-2/h29,33,46,50,55-56,60-61H,3-28,30-32,34-45,47-49,51-54H2,1-2H3,(H,59,62)/b33-29-,50-46+. The van der Waals surface area contributed by atoms with E-state index in [0.29, 0.717) is 19.4 Å². The van der Waals surface area contributed by atoms with Crippen LogP contribution in [0.15, 0.2) is 24.3 Å². The van der Waals surface area contributed by atoms with Crippen molar-refractivity contribution in [1.29, 1.82) is 0 Å². The lowest BCUT2D eigenvalue weighted by molar-refractivity contribution is -0.143. The van der Waals surface area contributed by atoms with Crippen molar-refractivity contribution in [3.8, 4) is 0 Å². The number of hydrogen-bond acceptors (Lipinski definition) is 5. The summed E-state index contributed by atoms with van der Waals surface area (Å²) >= 11 is 0. The van der Waals surface area contributed by atoms with Gasteiger partial charge < -0.3 is 20.3 Å². The Bertz CT molecular complexity index is 997. The molecule has 3 N–H and O–H groups in total. The zero-order valence-corrected chi connectivity index (χ0v) is 43.0. The van der Waals surface area contributed by atoms with Crippen LogP contribution in [-0.4, -0.2) is 47.4 Å². The number of hydrogen-bond donors (Lipinski definition) is 3. The predicted molar refractivity (Wildman–Crippen MR) is 278 cm³/mol. The molecule has 0 aromatic carbocycles. The number of unbranched alkanes of at least 4 members (excludes halogenated alkanes) is 40. The van der Waals surface area contributed by atoms with Crippen LogP contribution >= 0.6 is 0 Å². The molecule has 64 heavy (non-hydrogen) atoms. The Kier molecular flexibility index (Phi) is 52.6. The number of ether oxygens (including phenoxy) is 1. The highest BCUT2D eigenvalue weighted by molar-refractivity contribution is 5.76. The molecule has 0 heterocycles. The molecule has 0 aromatic rings. The van der Waals surface area contributed by atoms with E-state index in [1.54, 1.807) is 6.08 Å². The molecule has 0 rings (SSSR count). The van der Waals surface area contributed by atoms with Gasteiger partial charge >= 0.3 is 5.97 Å². The molecule has 0 fully saturated rings. The highest BCUT2D eigenvalue weighted by Gasteiger charge is 2.18. The van der Waals surface area contributed by atoms with Gasteiger partial charge in [0.15, 0.2) is 0 Å². The van der Waals surface area contributed by atoms with Crippen molar-refractivity contribution in [3.63, 3.8) is 0 Å². The number of carbonyl (C=O) groups is 2. The second-order valence-electron chi connectivity index (χ2n) is 19.6. The summed E-state index contributed by atoms with van der Waals surface area (Å²) in [6, 6.07) is -0.647. The van der Waals surface area contributed by atoms with Crippen LogP contribution in [0.4, 0.5) is 0 Å². The Morgan fingerprint density at radius 3 is 1.11 bits per heavy atom. The lowest BCUT2D eigenvalue weighted by atomic mass is 10.0. The topological polar surface area (TPSA) is 95.9 Å². The number of aliphatic hydroxyl groups excluding tert-OH is 2. The number of aliphatic hydroxyl groups is 2. The lowest BCUT2D eigenvalue weighted by Gasteiger charge is -2.20. The van der Waals surface area contributed by atoms with Gasteiger partial charge in [0.05, 0.1) is 25.4 Å². The van der Waals surface area contributed by atoms with E-state index in [2.05, 4.69) is 31.3 Å². The summed E-state index contributed by atoms with van der Waals surface area (Å²) in [4.78, 5) is 24.5. The molecule has 0 bridgehead atoms. The number of rotatable bonds is 53. The van der Waals surface area contributed by atoms with E-state index < -0.39 is 12.1 Å². The third kappa shape index (κ3) is 49.8. The van der Waals surface area contributed by atoms with E-state index in [1.807, 2.05) is 6.08 Å².